The fraction of sp³-hybridized carbons (Fsp3) is 1.00. The minimum Gasteiger partial charge on any atom is -0.396 e. The highest BCUT2D eigenvalue weighted by molar-refractivity contribution is 4.80. The largest absolute Gasteiger partial charge is 0.396 e. The van der Waals surface area contributed by atoms with Crippen LogP contribution in [0.3, 0.4) is 0 Å². The summed E-state index contributed by atoms with van der Waals surface area (Å²) in [5, 5.41) is 8.81. The van der Waals surface area contributed by atoms with Gasteiger partial charge in [0.05, 0.1) is 12.7 Å². The van der Waals surface area contributed by atoms with Crippen molar-refractivity contribution in [1.29, 1.82) is 0 Å². The minimum absolute atomic E-state index is 0.253. The fourth-order valence-electron chi connectivity index (χ4n) is 2.65. The van der Waals surface area contributed by atoms with E-state index in [1.54, 1.807) is 0 Å². The van der Waals surface area contributed by atoms with Gasteiger partial charge in [-0.3, -0.25) is 0 Å². The van der Waals surface area contributed by atoms with E-state index >= 15 is 0 Å². The molecule has 3 heteroatoms. The number of hydrogen-bond acceptors (Lipinski definition) is 3. The summed E-state index contributed by atoms with van der Waals surface area (Å²) in [7, 11) is 0. The Morgan fingerprint density at radius 3 is 2.73 bits per heavy atom. The van der Waals surface area contributed by atoms with Crippen LogP contribution in [-0.4, -0.2) is 30.2 Å². The zero-order chi connectivity index (χ0) is 10.6. The molecule has 0 amide bonds. The van der Waals surface area contributed by atoms with Gasteiger partial charge in [0.25, 0.3) is 0 Å². The number of hydrogen-bond donors (Lipinski definition) is 1. The van der Waals surface area contributed by atoms with Crippen molar-refractivity contribution in [3.8, 4) is 0 Å². The molecule has 0 bridgehead atoms. The molecule has 1 aliphatic heterocycles. The van der Waals surface area contributed by atoms with Crippen molar-refractivity contribution in [2.24, 2.45) is 0 Å². The van der Waals surface area contributed by atoms with Crippen molar-refractivity contribution >= 4 is 0 Å². The highest BCUT2D eigenvalue weighted by Crippen LogP contribution is 2.37. The molecule has 3 nitrogen and oxygen atoms in total. The first-order chi connectivity index (χ1) is 7.35. The zero-order valence-electron chi connectivity index (χ0n) is 9.41. The van der Waals surface area contributed by atoms with Crippen LogP contribution in [0, 0.1) is 0 Å². The average molecular weight is 214 g/mol. The maximum atomic E-state index is 8.81. The smallest absolute Gasteiger partial charge is 0.168 e. The number of ether oxygens (including phenoxy) is 2. The summed E-state index contributed by atoms with van der Waals surface area (Å²) in [5.74, 6) is -0.253. The first kappa shape index (κ1) is 11.4. The summed E-state index contributed by atoms with van der Waals surface area (Å²) in [6, 6.07) is 0. The summed E-state index contributed by atoms with van der Waals surface area (Å²) >= 11 is 0. The van der Waals surface area contributed by atoms with Crippen LogP contribution in [0.1, 0.15) is 51.4 Å². The maximum absolute atomic E-state index is 8.81. The Hall–Kier alpha value is -0.120. The van der Waals surface area contributed by atoms with Gasteiger partial charge in [0.15, 0.2) is 5.79 Å². The van der Waals surface area contributed by atoms with Crippen LogP contribution >= 0.6 is 0 Å². The Kier molecular flexibility index (Phi) is 4.00. The molecule has 1 N–H and O–H groups in total. The third kappa shape index (κ3) is 2.92. The first-order valence-electron chi connectivity index (χ1n) is 6.27. The van der Waals surface area contributed by atoms with Crippen LogP contribution < -0.4 is 0 Å². The molecule has 88 valence electrons. The van der Waals surface area contributed by atoms with E-state index in [0.717, 1.165) is 38.7 Å². The molecule has 2 aliphatic rings. The quantitative estimate of drug-likeness (QED) is 0.783. The van der Waals surface area contributed by atoms with E-state index in [9.17, 15) is 0 Å². The van der Waals surface area contributed by atoms with Gasteiger partial charge in [-0.2, -0.15) is 0 Å². The lowest BCUT2D eigenvalue weighted by molar-refractivity contribution is -0.306. The van der Waals surface area contributed by atoms with Crippen LogP contribution in [0.4, 0.5) is 0 Å². The molecule has 2 rings (SSSR count). The SMILES string of the molecule is OCCC[C@H]1CCOC2(CCCCC2)O1. The fourth-order valence-corrected chi connectivity index (χ4v) is 2.65. The first-order valence-corrected chi connectivity index (χ1v) is 6.27. The summed E-state index contributed by atoms with van der Waals surface area (Å²) in [6.45, 7) is 1.10. The van der Waals surface area contributed by atoms with Gasteiger partial charge in [0.2, 0.25) is 0 Å². The van der Waals surface area contributed by atoms with Gasteiger partial charge >= 0.3 is 0 Å². The molecule has 0 aromatic rings. The molecule has 1 spiro atoms. The second kappa shape index (κ2) is 5.28. The van der Waals surface area contributed by atoms with Crippen LogP contribution in [-0.2, 0) is 9.47 Å². The molecular formula is C12H22O3. The lowest BCUT2D eigenvalue weighted by Gasteiger charge is -2.43. The van der Waals surface area contributed by atoms with Crippen molar-refractivity contribution in [1.82, 2.24) is 0 Å². The van der Waals surface area contributed by atoms with Crippen molar-refractivity contribution in [3.63, 3.8) is 0 Å². The van der Waals surface area contributed by atoms with E-state index in [2.05, 4.69) is 0 Å². The predicted molar refractivity (Wildman–Crippen MR) is 57.6 cm³/mol. The van der Waals surface area contributed by atoms with E-state index in [0.29, 0.717) is 6.10 Å². The molecule has 0 aromatic carbocycles. The van der Waals surface area contributed by atoms with Gasteiger partial charge < -0.3 is 14.6 Å². The standard InChI is InChI=1S/C12H22O3/c13-9-4-5-11-6-10-14-12(15-11)7-2-1-3-8-12/h11,13H,1-10H2/t11-/m0/s1. The molecule has 1 saturated heterocycles. The van der Waals surface area contributed by atoms with Crippen molar-refractivity contribution in [2.45, 2.75) is 63.3 Å². The molecule has 0 unspecified atom stereocenters. The van der Waals surface area contributed by atoms with Crippen LogP contribution in [0.15, 0.2) is 0 Å². The van der Waals surface area contributed by atoms with Crippen molar-refractivity contribution in [3.05, 3.63) is 0 Å². The van der Waals surface area contributed by atoms with Gasteiger partial charge in [-0.1, -0.05) is 6.42 Å². The average Bonchev–Trinajstić information content (AvgIpc) is 2.28. The molecule has 15 heavy (non-hydrogen) atoms. The third-order valence-corrected chi connectivity index (χ3v) is 3.49. The van der Waals surface area contributed by atoms with Crippen molar-refractivity contribution < 1.29 is 14.6 Å². The van der Waals surface area contributed by atoms with Gasteiger partial charge in [0.1, 0.15) is 0 Å². The van der Waals surface area contributed by atoms with E-state index in [1.807, 2.05) is 0 Å². The highest BCUT2D eigenvalue weighted by atomic mass is 16.7. The molecule has 1 saturated carbocycles. The van der Waals surface area contributed by atoms with E-state index in [4.69, 9.17) is 14.6 Å². The Labute approximate surface area is 91.8 Å². The highest BCUT2D eigenvalue weighted by Gasteiger charge is 2.39. The Morgan fingerprint density at radius 2 is 2.00 bits per heavy atom. The molecule has 1 aliphatic carbocycles. The third-order valence-electron chi connectivity index (χ3n) is 3.49. The van der Waals surface area contributed by atoms with Gasteiger partial charge in [-0.15, -0.1) is 0 Å². The predicted octanol–water partition coefficient (Wildman–Crippen LogP) is 2.22. The van der Waals surface area contributed by atoms with Gasteiger partial charge in [-0.25, -0.2) is 0 Å². The lowest BCUT2D eigenvalue weighted by atomic mass is 9.92. The topological polar surface area (TPSA) is 38.7 Å². The number of rotatable bonds is 3. The maximum Gasteiger partial charge on any atom is 0.168 e. The van der Waals surface area contributed by atoms with Crippen LogP contribution in [0.5, 0.6) is 0 Å². The van der Waals surface area contributed by atoms with Crippen LogP contribution in [0.25, 0.3) is 0 Å². The molecular weight excluding hydrogens is 192 g/mol. The Bertz CT molecular complexity index is 182. The molecule has 0 aromatic heterocycles. The van der Waals surface area contributed by atoms with Gasteiger partial charge in [-0.05, 0) is 32.1 Å². The molecule has 2 fully saturated rings. The van der Waals surface area contributed by atoms with Crippen LogP contribution in [0.2, 0.25) is 0 Å². The normalized spacial score (nSPS) is 30.6. The van der Waals surface area contributed by atoms with Gasteiger partial charge in [0, 0.05) is 19.4 Å². The lowest BCUT2D eigenvalue weighted by Crippen LogP contribution is -2.46. The Balaban J connectivity index is 1.85. The van der Waals surface area contributed by atoms with E-state index in [-0.39, 0.29) is 12.4 Å². The van der Waals surface area contributed by atoms with Crippen molar-refractivity contribution in [2.75, 3.05) is 13.2 Å². The summed E-state index contributed by atoms with van der Waals surface area (Å²) in [4.78, 5) is 0. The summed E-state index contributed by atoms with van der Waals surface area (Å²) in [5.41, 5.74) is 0. The van der Waals surface area contributed by atoms with E-state index < -0.39 is 0 Å². The molecule has 1 atom stereocenters. The number of aliphatic hydroxyl groups is 1. The second-order valence-electron chi connectivity index (χ2n) is 4.71. The number of aliphatic hydroxyl groups excluding tert-OH is 1. The minimum atomic E-state index is -0.253. The monoisotopic (exact) mass is 214 g/mol. The van der Waals surface area contributed by atoms with E-state index in [1.165, 1.54) is 19.3 Å². The second-order valence-corrected chi connectivity index (χ2v) is 4.71. The summed E-state index contributed by atoms with van der Waals surface area (Å²) in [6.07, 6.45) is 9.01. The zero-order valence-corrected chi connectivity index (χ0v) is 9.41. The summed E-state index contributed by atoms with van der Waals surface area (Å²) < 4.78 is 11.9. The molecule has 0 radical (unpaired) electrons. The molecule has 1 heterocycles. The Morgan fingerprint density at radius 1 is 1.20 bits per heavy atom.